The SMILES string of the molecule is COC(/C(N)=N/N)C(C)(C)C. The van der Waals surface area contributed by atoms with Gasteiger partial charge in [-0.25, -0.2) is 0 Å². The Labute approximate surface area is 67.6 Å². The van der Waals surface area contributed by atoms with Crippen LogP contribution in [0, 0.1) is 5.41 Å². The zero-order valence-electron chi connectivity index (χ0n) is 7.59. The Bertz CT molecular complexity index is 148. The summed E-state index contributed by atoms with van der Waals surface area (Å²) in [6.45, 7) is 6.04. The normalized spacial score (nSPS) is 16.5. The van der Waals surface area contributed by atoms with Crippen LogP contribution >= 0.6 is 0 Å². The molecule has 0 aromatic carbocycles. The van der Waals surface area contributed by atoms with Gasteiger partial charge >= 0.3 is 0 Å². The van der Waals surface area contributed by atoms with Gasteiger partial charge in [-0.05, 0) is 5.41 Å². The highest BCUT2D eigenvalue weighted by molar-refractivity contribution is 5.85. The van der Waals surface area contributed by atoms with Gasteiger partial charge in [0.2, 0.25) is 0 Å². The zero-order chi connectivity index (χ0) is 9.07. The third kappa shape index (κ3) is 2.76. The second-order valence-corrected chi connectivity index (χ2v) is 3.54. The molecule has 0 bridgehead atoms. The summed E-state index contributed by atoms with van der Waals surface area (Å²) in [5.74, 6) is 5.36. The van der Waals surface area contributed by atoms with E-state index in [1.165, 1.54) is 0 Å². The molecule has 0 saturated carbocycles. The monoisotopic (exact) mass is 159 g/mol. The lowest BCUT2D eigenvalue weighted by Gasteiger charge is -2.28. The van der Waals surface area contributed by atoms with E-state index in [-0.39, 0.29) is 11.5 Å². The van der Waals surface area contributed by atoms with E-state index in [9.17, 15) is 0 Å². The van der Waals surface area contributed by atoms with Gasteiger partial charge in [-0.15, -0.1) is 0 Å². The van der Waals surface area contributed by atoms with E-state index in [2.05, 4.69) is 5.10 Å². The number of nitrogens with zero attached hydrogens (tertiary/aromatic N) is 1. The van der Waals surface area contributed by atoms with E-state index in [1.807, 2.05) is 20.8 Å². The summed E-state index contributed by atoms with van der Waals surface area (Å²) in [4.78, 5) is 0. The van der Waals surface area contributed by atoms with Crippen LogP contribution in [-0.4, -0.2) is 19.0 Å². The second kappa shape index (κ2) is 3.57. The van der Waals surface area contributed by atoms with Crippen LogP contribution < -0.4 is 11.6 Å². The van der Waals surface area contributed by atoms with Gasteiger partial charge in [0, 0.05) is 7.11 Å². The van der Waals surface area contributed by atoms with E-state index in [0.29, 0.717) is 5.84 Å². The third-order valence-corrected chi connectivity index (χ3v) is 1.44. The van der Waals surface area contributed by atoms with Crippen molar-refractivity contribution in [2.75, 3.05) is 7.11 Å². The first-order valence-corrected chi connectivity index (χ1v) is 3.49. The maximum atomic E-state index is 5.51. The standard InChI is InChI=1S/C7H17N3O/c1-7(2,3)5(11-4)6(8)10-9/h5H,9H2,1-4H3,(H2,8,10). The van der Waals surface area contributed by atoms with Crippen molar-refractivity contribution in [1.82, 2.24) is 0 Å². The van der Waals surface area contributed by atoms with Gasteiger partial charge < -0.3 is 16.3 Å². The summed E-state index contributed by atoms with van der Waals surface area (Å²) in [6.07, 6.45) is -0.215. The van der Waals surface area contributed by atoms with E-state index >= 15 is 0 Å². The Hall–Kier alpha value is -0.770. The molecule has 0 rings (SSSR count). The number of hydrogen-bond donors (Lipinski definition) is 2. The van der Waals surface area contributed by atoms with Crippen LogP contribution in [0.15, 0.2) is 5.10 Å². The highest BCUT2D eigenvalue weighted by atomic mass is 16.5. The molecule has 0 aliphatic rings. The summed E-state index contributed by atoms with van der Waals surface area (Å²) < 4.78 is 5.13. The molecule has 0 heterocycles. The van der Waals surface area contributed by atoms with Crippen LogP contribution in [0.3, 0.4) is 0 Å². The summed E-state index contributed by atoms with van der Waals surface area (Å²) >= 11 is 0. The molecule has 1 atom stereocenters. The molecule has 1 unspecified atom stereocenters. The van der Waals surface area contributed by atoms with E-state index < -0.39 is 0 Å². The van der Waals surface area contributed by atoms with Crippen LogP contribution in [0.25, 0.3) is 0 Å². The van der Waals surface area contributed by atoms with Crippen molar-refractivity contribution in [3.63, 3.8) is 0 Å². The molecule has 4 N–H and O–H groups in total. The van der Waals surface area contributed by atoms with Crippen LogP contribution in [0.4, 0.5) is 0 Å². The van der Waals surface area contributed by atoms with Gasteiger partial charge in [0.15, 0.2) is 0 Å². The molecule has 0 amide bonds. The molecule has 0 saturated heterocycles. The molecule has 0 spiro atoms. The molecule has 0 fully saturated rings. The maximum absolute atomic E-state index is 5.51. The van der Waals surface area contributed by atoms with Crippen LogP contribution in [0.1, 0.15) is 20.8 Å². The van der Waals surface area contributed by atoms with Crippen LogP contribution in [0.5, 0.6) is 0 Å². The van der Waals surface area contributed by atoms with E-state index in [1.54, 1.807) is 7.11 Å². The molecule has 0 aromatic rings. The molecule has 0 radical (unpaired) electrons. The second-order valence-electron chi connectivity index (χ2n) is 3.54. The fourth-order valence-electron chi connectivity index (χ4n) is 0.986. The van der Waals surface area contributed by atoms with Crippen LogP contribution in [-0.2, 0) is 4.74 Å². The van der Waals surface area contributed by atoms with Crippen molar-refractivity contribution in [1.29, 1.82) is 0 Å². The minimum Gasteiger partial charge on any atom is -0.384 e. The molecule has 0 aliphatic carbocycles. The predicted octanol–water partition coefficient (Wildman–Crippen LogP) is 0.278. The fraction of sp³-hybridized carbons (Fsp3) is 0.857. The van der Waals surface area contributed by atoms with Gasteiger partial charge in [0.25, 0.3) is 0 Å². The Morgan fingerprint density at radius 1 is 1.45 bits per heavy atom. The average Bonchev–Trinajstić information content (AvgIpc) is 1.86. The van der Waals surface area contributed by atoms with Crippen molar-refractivity contribution >= 4 is 5.84 Å². The molecule has 4 nitrogen and oxygen atoms in total. The van der Waals surface area contributed by atoms with E-state index in [0.717, 1.165) is 0 Å². The Balaban J connectivity index is 4.42. The summed E-state index contributed by atoms with van der Waals surface area (Å²) in [5.41, 5.74) is 5.45. The topological polar surface area (TPSA) is 73.6 Å². The van der Waals surface area contributed by atoms with Gasteiger partial charge in [-0.3, -0.25) is 0 Å². The van der Waals surface area contributed by atoms with Crippen molar-refractivity contribution in [3.05, 3.63) is 0 Å². The number of hydrogen-bond acceptors (Lipinski definition) is 3. The minimum absolute atomic E-state index is 0.0678. The first-order chi connectivity index (χ1) is 4.93. The van der Waals surface area contributed by atoms with E-state index in [4.69, 9.17) is 16.3 Å². The molecular weight excluding hydrogens is 142 g/mol. The lowest BCUT2D eigenvalue weighted by molar-refractivity contribution is 0.0672. The summed E-state index contributed by atoms with van der Waals surface area (Å²) in [6, 6.07) is 0. The molecule has 66 valence electrons. The van der Waals surface area contributed by atoms with Gasteiger partial charge in [0.1, 0.15) is 11.9 Å². The average molecular weight is 159 g/mol. The summed E-state index contributed by atoms with van der Waals surface area (Å²) in [7, 11) is 1.59. The van der Waals surface area contributed by atoms with Crippen molar-refractivity contribution in [3.8, 4) is 0 Å². The Kier molecular flexibility index (Phi) is 3.32. The first kappa shape index (κ1) is 10.2. The quantitative estimate of drug-likeness (QED) is 0.263. The molecule has 11 heavy (non-hydrogen) atoms. The summed E-state index contributed by atoms with van der Waals surface area (Å²) in [5, 5.41) is 3.40. The zero-order valence-corrected chi connectivity index (χ0v) is 7.59. The van der Waals surface area contributed by atoms with Gasteiger partial charge in [-0.2, -0.15) is 5.10 Å². The lowest BCUT2D eigenvalue weighted by Crippen LogP contribution is -2.41. The molecule has 0 aliphatic heterocycles. The number of rotatable bonds is 2. The predicted molar refractivity (Wildman–Crippen MR) is 46.1 cm³/mol. The maximum Gasteiger partial charge on any atom is 0.149 e. The van der Waals surface area contributed by atoms with Crippen molar-refractivity contribution < 1.29 is 4.74 Å². The number of methoxy groups -OCH3 is 1. The lowest BCUT2D eigenvalue weighted by atomic mass is 9.88. The Morgan fingerprint density at radius 2 is 1.91 bits per heavy atom. The van der Waals surface area contributed by atoms with Crippen LogP contribution in [0.2, 0.25) is 0 Å². The van der Waals surface area contributed by atoms with Crippen molar-refractivity contribution in [2.24, 2.45) is 22.1 Å². The van der Waals surface area contributed by atoms with Gasteiger partial charge in [0.05, 0.1) is 0 Å². The number of hydrazone groups is 1. The van der Waals surface area contributed by atoms with Crippen molar-refractivity contribution in [2.45, 2.75) is 26.9 Å². The number of nitrogens with two attached hydrogens (primary N) is 2. The van der Waals surface area contributed by atoms with Gasteiger partial charge in [-0.1, -0.05) is 20.8 Å². The smallest absolute Gasteiger partial charge is 0.149 e. The first-order valence-electron chi connectivity index (χ1n) is 3.49. The fourth-order valence-corrected chi connectivity index (χ4v) is 0.986. The number of ether oxygens (including phenoxy) is 1. The molecule has 0 aromatic heterocycles. The largest absolute Gasteiger partial charge is 0.384 e. The third-order valence-electron chi connectivity index (χ3n) is 1.44. The minimum atomic E-state index is -0.215. The molecular formula is C7H17N3O. The Morgan fingerprint density at radius 3 is 2.00 bits per heavy atom. The molecule has 4 heteroatoms. The number of amidine groups is 1. The highest BCUT2D eigenvalue weighted by Crippen LogP contribution is 2.21. The highest BCUT2D eigenvalue weighted by Gasteiger charge is 2.27.